The van der Waals surface area contributed by atoms with E-state index in [2.05, 4.69) is 0 Å². The van der Waals surface area contributed by atoms with Crippen LogP contribution in [0.15, 0.2) is 42.5 Å². The highest BCUT2D eigenvalue weighted by atomic mass is 35.5. The highest BCUT2D eigenvalue weighted by Crippen LogP contribution is 2.27. The molecule has 5 heteroatoms. The zero-order valence-electron chi connectivity index (χ0n) is 11.7. The van der Waals surface area contributed by atoms with Crippen LogP contribution in [0.3, 0.4) is 0 Å². The lowest BCUT2D eigenvalue weighted by atomic mass is 10.1. The number of carboxylic acids is 1. The smallest absolute Gasteiger partial charge is 0.349 e. The van der Waals surface area contributed by atoms with Gasteiger partial charge in [-0.3, -0.25) is 0 Å². The number of rotatable bonds is 5. The van der Waals surface area contributed by atoms with Crippen LogP contribution in [0.25, 0.3) is 0 Å². The maximum Gasteiger partial charge on any atom is 0.349 e. The third kappa shape index (κ3) is 3.67. The fourth-order valence-corrected chi connectivity index (χ4v) is 1.98. The number of methoxy groups -OCH3 is 1. The Kier molecular flexibility index (Phi) is 4.70. The van der Waals surface area contributed by atoms with Crippen LogP contribution < -0.4 is 9.47 Å². The van der Waals surface area contributed by atoms with Crippen molar-refractivity contribution < 1.29 is 19.4 Å². The van der Waals surface area contributed by atoms with Crippen molar-refractivity contribution in [1.29, 1.82) is 0 Å². The maximum absolute atomic E-state index is 11.4. The summed E-state index contributed by atoms with van der Waals surface area (Å²) in [6, 6.07) is 11.8. The molecule has 0 aliphatic carbocycles. The number of ether oxygens (including phenoxy) is 2. The predicted octanol–water partition coefficient (Wildman–Crippen LogP) is 3.86. The van der Waals surface area contributed by atoms with Crippen molar-refractivity contribution in [2.24, 2.45) is 0 Å². The minimum Gasteiger partial charge on any atom is -0.497 e. The monoisotopic (exact) mass is 306 g/mol. The summed E-state index contributed by atoms with van der Waals surface area (Å²) in [5, 5.41) is 9.97. The normalized spacial score (nSPS) is 11.8. The number of aryl methyl sites for hydroxylation is 1. The predicted molar refractivity (Wildman–Crippen MR) is 80.2 cm³/mol. The molecule has 110 valence electrons. The van der Waals surface area contributed by atoms with Gasteiger partial charge in [-0.1, -0.05) is 23.7 Å². The first-order chi connectivity index (χ1) is 10.0. The third-order valence-corrected chi connectivity index (χ3v) is 3.45. The summed E-state index contributed by atoms with van der Waals surface area (Å²) in [4.78, 5) is 11.4. The summed E-state index contributed by atoms with van der Waals surface area (Å²) in [6.07, 6.45) is -1.09. The highest BCUT2D eigenvalue weighted by Gasteiger charge is 2.22. The Labute approximate surface area is 127 Å². The van der Waals surface area contributed by atoms with E-state index in [0.717, 1.165) is 5.56 Å². The summed E-state index contributed by atoms with van der Waals surface area (Å²) in [6.45, 7) is 1.83. The second kappa shape index (κ2) is 6.50. The van der Waals surface area contributed by atoms with Crippen molar-refractivity contribution in [3.05, 3.63) is 58.6 Å². The van der Waals surface area contributed by atoms with Gasteiger partial charge < -0.3 is 14.6 Å². The molecule has 21 heavy (non-hydrogen) atoms. The fraction of sp³-hybridized carbons (Fsp3) is 0.188. The van der Waals surface area contributed by atoms with Crippen LogP contribution in [-0.2, 0) is 4.79 Å². The van der Waals surface area contributed by atoms with Gasteiger partial charge in [-0.15, -0.1) is 0 Å². The van der Waals surface area contributed by atoms with Crippen LogP contribution in [0.4, 0.5) is 0 Å². The molecule has 0 aliphatic heterocycles. The molecule has 0 spiro atoms. The zero-order chi connectivity index (χ0) is 15.4. The molecule has 0 aromatic heterocycles. The molecule has 2 rings (SSSR count). The number of hydrogen-bond acceptors (Lipinski definition) is 3. The van der Waals surface area contributed by atoms with Gasteiger partial charge in [0.05, 0.1) is 7.11 Å². The van der Waals surface area contributed by atoms with Crippen molar-refractivity contribution in [2.75, 3.05) is 7.11 Å². The first kappa shape index (κ1) is 15.2. The summed E-state index contributed by atoms with van der Waals surface area (Å²) in [5.74, 6) is 0.0538. The largest absolute Gasteiger partial charge is 0.497 e. The lowest BCUT2D eigenvalue weighted by Gasteiger charge is -2.16. The minimum atomic E-state index is -1.09. The molecule has 0 aliphatic rings. The summed E-state index contributed by atoms with van der Waals surface area (Å²) in [5.41, 5.74) is 1.36. The van der Waals surface area contributed by atoms with E-state index >= 15 is 0 Å². The van der Waals surface area contributed by atoms with Crippen LogP contribution >= 0.6 is 11.6 Å². The maximum atomic E-state index is 11.4. The molecule has 1 unspecified atom stereocenters. The molecule has 4 nitrogen and oxygen atoms in total. The van der Waals surface area contributed by atoms with Gasteiger partial charge in [-0.05, 0) is 42.8 Å². The Hall–Kier alpha value is -2.20. The molecule has 0 saturated heterocycles. The second-order valence-electron chi connectivity index (χ2n) is 4.52. The SMILES string of the molecule is COc1ccc(C(Oc2ccc(Cl)c(C)c2)C(=O)O)cc1. The highest BCUT2D eigenvalue weighted by molar-refractivity contribution is 6.31. The van der Waals surface area contributed by atoms with E-state index in [1.54, 1.807) is 49.6 Å². The Morgan fingerprint density at radius 2 is 1.76 bits per heavy atom. The molecule has 0 amide bonds. The van der Waals surface area contributed by atoms with Gasteiger partial charge in [-0.25, -0.2) is 4.79 Å². The van der Waals surface area contributed by atoms with Crippen LogP contribution in [0.2, 0.25) is 5.02 Å². The van der Waals surface area contributed by atoms with E-state index in [1.807, 2.05) is 6.92 Å². The molecule has 0 bridgehead atoms. The standard InChI is InChI=1S/C16H15ClO4/c1-10-9-13(7-8-14(10)17)21-15(16(18)19)11-3-5-12(20-2)6-4-11/h3-9,15H,1-2H3,(H,18,19). The van der Waals surface area contributed by atoms with E-state index in [1.165, 1.54) is 0 Å². The van der Waals surface area contributed by atoms with Gasteiger partial charge in [0.25, 0.3) is 0 Å². The molecule has 0 saturated carbocycles. The van der Waals surface area contributed by atoms with Crippen molar-refractivity contribution in [2.45, 2.75) is 13.0 Å². The number of carboxylic acid groups (broad SMARTS) is 1. The number of hydrogen-bond donors (Lipinski definition) is 1. The average molecular weight is 307 g/mol. The molecule has 0 heterocycles. The van der Waals surface area contributed by atoms with Crippen molar-refractivity contribution >= 4 is 17.6 Å². The Bertz CT molecular complexity index is 637. The van der Waals surface area contributed by atoms with Gasteiger partial charge in [0.2, 0.25) is 6.10 Å². The van der Waals surface area contributed by atoms with Crippen LogP contribution in [0, 0.1) is 6.92 Å². The molecular weight excluding hydrogens is 292 g/mol. The average Bonchev–Trinajstić information content (AvgIpc) is 2.48. The van der Waals surface area contributed by atoms with Crippen LogP contribution in [-0.4, -0.2) is 18.2 Å². The second-order valence-corrected chi connectivity index (χ2v) is 4.93. The van der Waals surface area contributed by atoms with Crippen LogP contribution in [0.5, 0.6) is 11.5 Å². The molecular formula is C16H15ClO4. The van der Waals surface area contributed by atoms with Crippen molar-refractivity contribution in [1.82, 2.24) is 0 Å². The first-order valence-electron chi connectivity index (χ1n) is 6.31. The third-order valence-electron chi connectivity index (χ3n) is 3.03. The first-order valence-corrected chi connectivity index (χ1v) is 6.68. The number of aliphatic carboxylic acids is 1. The van der Waals surface area contributed by atoms with Crippen molar-refractivity contribution in [3.63, 3.8) is 0 Å². The fourth-order valence-electron chi connectivity index (χ4n) is 1.87. The molecule has 2 aromatic carbocycles. The van der Waals surface area contributed by atoms with Gasteiger partial charge in [0.1, 0.15) is 11.5 Å². The van der Waals surface area contributed by atoms with E-state index < -0.39 is 12.1 Å². The summed E-state index contributed by atoms with van der Waals surface area (Å²) < 4.78 is 10.6. The van der Waals surface area contributed by atoms with E-state index in [0.29, 0.717) is 22.1 Å². The summed E-state index contributed by atoms with van der Waals surface area (Å²) in [7, 11) is 1.55. The molecule has 0 radical (unpaired) electrons. The molecule has 1 N–H and O–H groups in total. The molecule has 2 aromatic rings. The van der Waals surface area contributed by atoms with Gasteiger partial charge >= 0.3 is 5.97 Å². The Morgan fingerprint density at radius 3 is 2.29 bits per heavy atom. The lowest BCUT2D eigenvalue weighted by molar-refractivity contribution is -0.145. The summed E-state index contributed by atoms with van der Waals surface area (Å²) >= 11 is 5.94. The minimum absolute atomic E-state index is 0.458. The molecule has 1 atom stereocenters. The van der Waals surface area contributed by atoms with E-state index in [9.17, 15) is 9.90 Å². The quantitative estimate of drug-likeness (QED) is 0.911. The zero-order valence-corrected chi connectivity index (χ0v) is 12.4. The van der Waals surface area contributed by atoms with E-state index in [4.69, 9.17) is 21.1 Å². The Balaban J connectivity index is 2.26. The number of benzene rings is 2. The topological polar surface area (TPSA) is 55.8 Å². The van der Waals surface area contributed by atoms with Crippen molar-refractivity contribution in [3.8, 4) is 11.5 Å². The lowest BCUT2D eigenvalue weighted by Crippen LogP contribution is -2.18. The van der Waals surface area contributed by atoms with Gasteiger partial charge in [-0.2, -0.15) is 0 Å². The number of carbonyl (C=O) groups is 1. The molecule has 0 fully saturated rings. The van der Waals surface area contributed by atoms with Gasteiger partial charge in [0, 0.05) is 10.6 Å². The number of halogens is 1. The van der Waals surface area contributed by atoms with Crippen LogP contribution in [0.1, 0.15) is 17.2 Å². The Morgan fingerprint density at radius 1 is 1.14 bits per heavy atom. The van der Waals surface area contributed by atoms with Gasteiger partial charge in [0.15, 0.2) is 0 Å². The van der Waals surface area contributed by atoms with E-state index in [-0.39, 0.29) is 0 Å².